The molecular weight excluding hydrogens is 288 g/mol. The molecule has 1 saturated heterocycles. The van der Waals surface area contributed by atoms with Crippen molar-refractivity contribution in [1.82, 2.24) is 4.31 Å². The van der Waals surface area contributed by atoms with Gasteiger partial charge in [0, 0.05) is 31.9 Å². The molecule has 0 aromatic heterocycles. The Hall–Kier alpha value is -1.11. The molecule has 1 fully saturated rings. The van der Waals surface area contributed by atoms with E-state index in [1.54, 1.807) is 16.4 Å². The first-order valence-electron chi connectivity index (χ1n) is 7.60. The molecule has 0 aliphatic carbocycles. The molecule has 2 heterocycles. The third kappa shape index (κ3) is 2.93. The Balaban J connectivity index is 1.83. The number of nitrogens with one attached hydrogen (secondary N) is 1. The van der Waals surface area contributed by atoms with Gasteiger partial charge in [0.15, 0.2) is 0 Å². The number of hydrogen-bond donors (Lipinski definition) is 1. The quantitative estimate of drug-likeness (QED) is 0.922. The summed E-state index contributed by atoms with van der Waals surface area (Å²) in [5.41, 5.74) is 2.15. The van der Waals surface area contributed by atoms with Crippen molar-refractivity contribution < 1.29 is 13.2 Å². The molecular formula is C15H22N2O3S. The van der Waals surface area contributed by atoms with Gasteiger partial charge in [-0.05, 0) is 43.9 Å². The average molecular weight is 310 g/mol. The lowest BCUT2D eigenvalue weighted by molar-refractivity contribution is 0.0265. The lowest BCUT2D eigenvalue weighted by Crippen LogP contribution is -2.43. The van der Waals surface area contributed by atoms with Crippen molar-refractivity contribution in [3.05, 3.63) is 23.8 Å². The maximum absolute atomic E-state index is 12.8. The summed E-state index contributed by atoms with van der Waals surface area (Å²) in [7, 11) is -3.42. The Morgan fingerprint density at radius 1 is 1.43 bits per heavy atom. The standard InChI is InChI=1S/C15H22N2O3S/c1-2-20-13-4-3-9-17(11-13)21(18,19)14-6-5-12-7-8-16-15(12)10-14/h5-6,10,13,16H,2-4,7-9,11H2,1H3. The Labute approximate surface area is 126 Å². The van der Waals surface area contributed by atoms with Gasteiger partial charge >= 0.3 is 0 Å². The fourth-order valence-corrected chi connectivity index (χ4v) is 4.61. The van der Waals surface area contributed by atoms with Crippen LogP contribution in [0.1, 0.15) is 25.3 Å². The predicted octanol–water partition coefficient (Wildman–Crippen LogP) is 1.84. The zero-order chi connectivity index (χ0) is 14.9. The van der Waals surface area contributed by atoms with Crippen LogP contribution >= 0.6 is 0 Å². The van der Waals surface area contributed by atoms with Gasteiger partial charge in [-0.3, -0.25) is 0 Å². The molecule has 2 aliphatic rings. The van der Waals surface area contributed by atoms with E-state index in [0.717, 1.165) is 31.5 Å². The SMILES string of the molecule is CCOC1CCCN(S(=O)(=O)c2ccc3c(c2)NCC3)C1. The molecule has 1 unspecified atom stereocenters. The molecule has 6 heteroatoms. The molecule has 3 rings (SSSR count). The van der Waals surface area contributed by atoms with Crippen LogP contribution in [0.4, 0.5) is 5.69 Å². The van der Waals surface area contributed by atoms with E-state index in [4.69, 9.17) is 4.74 Å². The number of anilines is 1. The van der Waals surface area contributed by atoms with E-state index in [1.165, 1.54) is 5.56 Å². The third-order valence-electron chi connectivity index (χ3n) is 4.17. The number of sulfonamides is 1. The summed E-state index contributed by atoms with van der Waals surface area (Å²) in [5.74, 6) is 0. The molecule has 116 valence electrons. The molecule has 0 amide bonds. The van der Waals surface area contributed by atoms with Crippen molar-refractivity contribution in [2.45, 2.75) is 37.2 Å². The number of hydrogen-bond acceptors (Lipinski definition) is 4. The summed E-state index contributed by atoms with van der Waals surface area (Å²) in [4.78, 5) is 0.382. The molecule has 1 aromatic rings. The molecule has 1 aromatic carbocycles. The van der Waals surface area contributed by atoms with Crippen LogP contribution in [0.25, 0.3) is 0 Å². The second kappa shape index (κ2) is 5.94. The average Bonchev–Trinajstić information content (AvgIpc) is 2.95. The van der Waals surface area contributed by atoms with E-state index in [1.807, 2.05) is 13.0 Å². The first-order chi connectivity index (χ1) is 10.1. The van der Waals surface area contributed by atoms with Crippen molar-refractivity contribution in [3.8, 4) is 0 Å². The second-order valence-electron chi connectivity index (χ2n) is 5.58. The van der Waals surface area contributed by atoms with Crippen LogP contribution in [0.2, 0.25) is 0 Å². The molecule has 2 aliphatic heterocycles. The first kappa shape index (κ1) is 14.8. The van der Waals surface area contributed by atoms with Crippen molar-refractivity contribution >= 4 is 15.7 Å². The van der Waals surface area contributed by atoms with Crippen molar-refractivity contribution in [2.75, 3.05) is 31.6 Å². The highest BCUT2D eigenvalue weighted by molar-refractivity contribution is 7.89. The summed E-state index contributed by atoms with van der Waals surface area (Å²) in [5, 5.41) is 3.24. The molecule has 0 bridgehead atoms. The minimum absolute atomic E-state index is 0.0195. The topological polar surface area (TPSA) is 58.6 Å². The van der Waals surface area contributed by atoms with Crippen molar-refractivity contribution in [3.63, 3.8) is 0 Å². The summed E-state index contributed by atoms with van der Waals surface area (Å²) >= 11 is 0. The van der Waals surface area contributed by atoms with Crippen LogP contribution in [-0.4, -0.2) is 45.1 Å². The molecule has 0 saturated carbocycles. The fraction of sp³-hybridized carbons (Fsp3) is 0.600. The Kier molecular flexibility index (Phi) is 4.19. The number of fused-ring (bicyclic) bond motifs is 1. The zero-order valence-electron chi connectivity index (χ0n) is 12.3. The van der Waals surface area contributed by atoms with Crippen LogP contribution in [0, 0.1) is 0 Å². The monoisotopic (exact) mass is 310 g/mol. The Morgan fingerprint density at radius 3 is 3.10 bits per heavy atom. The van der Waals surface area contributed by atoms with Gasteiger partial charge in [0.25, 0.3) is 0 Å². The lowest BCUT2D eigenvalue weighted by Gasteiger charge is -2.31. The largest absolute Gasteiger partial charge is 0.384 e. The van der Waals surface area contributed by atoms with Crippen LogP contribution in [0.3, 0.4) is 0 Å². The number of nitrogens with zero attached hydrogens (tertiary/aromatic N) is 1. The predicted molar refractivity (Wildman–Crippen MR) is 82.0 cm³/mol. The van der Waals surface area contributed by atoms with E-state index >= 15 is 0 Å². The highest BCUT2D eigenvalue weighted by Crippen LogP contribution is 2.28. The maximum Gasteiger partial charge on any atom is 0.243 e. The van der Waals surface area contributed by atoms with Gasteiger partial charge in [-0.1, -0.05) is 6.07 Å². The van der Waals surface area contributed by atoms with Crippen LogP contribution < -0.4 is 5.32 Å². The molecule has 0 spiro atoms. The van der Waals surface area contributed by atoms with Gasteiger partial charge < -0.3 is 10.1 Å². The van der Waals surface area contributed by atoms with E-state index < -0.39 is 10.0 Å². The number of ether oxygens (including phenoxy) is 1. The van der Waals surface area contributed by atoms with Gasteiger partial charge in [0.1, 0.15) is 0 Å². The zero-order valence-corrected chi connectivity index (χ0v) is 13.2. The van der Waals surface area contributed by atoms with Crippen LogP contribution in [-0.2, 0) is 21.2 Å². The Bertz CT molecular complexity index is 613. The van der Waals surface area contributed by atoms with Gasteiger partial charge in [-0.2, -0.15) is 4.31 Å². The van der Waals surface area contributed by atoms with Crippen molar-refractivity contribution in [2.24, 2.45) is 0 Å². The lowest BCUT2D eigenvalue weighted by atomic mass is 10.1. The summed E-state index contributed by atoms with van der Waals surface area (Å²) < 4.78 is 32.7. The molecule has 5 nitrogen and oxygen atoms in total. The maximum atomic E-state index is 12.8. The second-order valence-corrected chi connectivity index (χ2v) is 7.52. The van der Waals surface area contributed by atoms with Crippen molar-refractivity contribution in [1.29, 1.82) is 0 Å². The summed E-state index contributed by atoms with van der Waals surface area (Å²) in [6.45, 7) is 4.49. The van der Waals surface area contributed by atoms with Gasteiger partial charge in [-0.15, -0.1) is 0 Å². The van der Waals surface area contributed by atoms with E-state index in [9.17, 15) is 8.42 Å². The third-order valence-corrected chi connectivity index (χ3v) is 6.03. The van der Waals surface area contributed by atoms with E-state index in [0.29, 0.717) is 24.6 Å². The van der Waals surface area contributed by atoms with Gasteiger partial charge in [0.2, 0.25) is 10.0 Å². The molecule has 1 atom stereocenters. The van der Waals surface area contributed by atoms with Gasteiger partial charge in [-0.25, -0.2) is 8.42 Å². The highest BCUT2D eigenvalue weighted by atomic mass is 32.2. The highest BCUT2D eigenvalue weighted by Gasteiger charge is 2.31. The molecule has 0 radical (unpaired) electrons. The summed E-state index contributed by atoms with van der Waals surface area (Å²) in [6.07, 6.45) is 2.77. The van der Waals surface area contributed by atoms with E-state index in [-0.39, 0.29) is 6.10 Å². The normalized spacial score (nSPS) is 22.8. The number of benzene rings is 1. The number of rotatable bonds is 4. The minimum atomic E-state index is -3.42. The van der Waals surface area contributed by atoms with Crippen LogP contribution in [0.15, 0.2) is 23.1 Å². The summed E-state index contributed by atoms with van der Waals surface area (Å²) in [6, 6.07) is 5.42. The minimum Gasteiger partial charge on any atom is -0.384 e. The smallest absolute Gasteiger partial charge is 0.243 e. The fourth-order valence-electron chi connectivity index (χ4n) is 3.07. The van der Waals surface area contributed by atoms with E-state index in [2.05, 4.69) is 5.32 Å². The Morgan fingerprint density at radius 2 is 2.29 bits per heavy atom. The first-order valence-corrected chi connectivity index (χ1v) is 9.04. The van der Waals surface area contributed by atoms with Gasteiger partial charge in [0.05, 0.1) is 11.0 Å². The van der Waals surface area contributed by atoms with Crippen LogP contribution in [0.5, 0.6) is 0 Å². The molecule has 1 N–H and O–H groups in total. The molecule has 21 heavy (non-hydrogen) atoms. The number of piperidine rings is 1.